The third-order valence-corrected chi connectivity index (χ3v) is 3.30. The summed E-state index contributed by atoms with van der Waals surface area (Å²) in [6.07, 6.45) is 1.41. The van der Waals surface area contributed by atoms with Gasteiger partial charge in [-0.3, -0.25) is 9.59 Å². The van der Waals surface area contributed by atoms with E-state index >= 15 is 0 Å². The molecule has 2 amide bonds. The summed E-state index contributed by atoms with van der Waals surface area (Å²) in [5.74, 6) is -0.667. The molecule has 0 aliphatic carbocycles. The number of β-amino-alcohol motifs (C(OH)–C–C–N with tert-alkyl or cyclic N) is 1. The predicted molar refractivity (Wildman–Crippen MR) is 76.9 cm³/mol. The molecular weight excluding hydrogens is 272 g/mol. The van der Waals surface area contributed by atoms with Gasteiger partial charge in [-0.25, -0.2) is 4.98 Å². The van der Waals surface area contributed by atoms with E-state index in [1.807, 2.05) is 20.8 Å². The van der Waals surface area contributed by atoms with Crippen LogP contribution in [0.2, 0.25) is 0 Å². The summed E-state index contributed by atoms with van der Waals surface area (Å²) in [5, 5.41) is 12.3. The number of aromatic amines is 1. The topological polar surface area (TPSA) is 98.3 Å². The first-order chi connectivity index (χ1) is 9.78. The average Bonchev–Trinajstić information content (AvgIpc) is 3.02. The molecule has 3 N–H and O–H groups in total. The molecular formula is C14H22N4O3. The standard InChI is InChI=1S/C14H22N4O3/c1-14(2,3)7-15-12(20)10-11(17-8-16-10)13(21)18-5-4-9(19)6-18/h8-9,19H,4-7H2,1-3H3,(H,15,20)(H,16,17). The van der Waals surface area contributed by atoms with E-state index in [0.717, 1.165) is 0 Å². The molecule has 1 saturated heterocycles. The minimum Gasteiger partial charge on any atom is -0.391 e. The molecule has 2 rings (SSSR count). The van der Waals surface area contributed by atoms with E-state index in [9.17, 15) is 14.7 Å². The lowest BCUT2D eigenvalue weighted by Gasteiger charge is -2.19. The number of H-pyrrole nitrogens is 1. The first-order valence-electron chi connectivity index (χ1n) is 7.07. The van der Waals surface area contributed by atoms with Crippen LogP contribution in [0.4, 0.5) is 0 Å². The third kappa shape index (κ3) is 3.81. The van der Waals surface area contributed by atoms with Crippen molar-refractivity contribution < 1.29 is 14.7 Å². The quantitative estimate of drug-likeness (QED) is 0.751. The summed E-state index contributed by atoms with van der Waals surface area (Å²) in [6, 6.07) is 0. The van der Waals surface area contributed by atoms with Crippen molar-refractivity contribution in [3.8, 4) is 0 Å². The average molecular weight is 294 g/mol. The largest absolute Gasteiger partial charge is 0.391 e. The van der Waals surface area contributed by atoms with Gasteiger partial charge in [0.15, 0.2) is 5.69 Å². The molecule has 1 aliphatic heterocycles. The smallest absolute Gasteiger partial charge is 0.272 e. The van der Waals surface area contributed by atoms with Crippen LogP contribution in [0.25, 0.3) is 0 Å². The van der Waals surface area contributed by atoms with Crippen molar-refractivity contribution >= 4 is 11.8 Å². The Balaban J connectivity index is 2.07. The second-order valence-electron chi connectivity index (χ2n) is 6.56. The lowest BCUT2D eigenvalue weighted by atomic mass is 9.97. The number of carbonyl (C=O) groups is 2. The Labute approximate surface area is 123 Å². The highest BCUT2D eigenvalue weighted by Crippen LogP contribution is 2.15. The van der Waals surface area contributed by atoms with Crippen LogP contribution in [0, 0.1) is 5.41 Å². The fourth-order valence-corrected chi connectivity index (χ4v) is 2.14. The van der Waals surface area contributed by atoms with Crippen LogP contribution in [0.3, 0.4) is 0 Å². The summed E-state index contributed by atoms with van der Waals surface area (Å²) in [7, 11) is 0. The molecule has 7 heteroatoms. The molecule has 1 fully saturated rings. The maximum absolute atomic E-state index is 12.3. The van der Waals surface area contributed by atoms with Gasteiger partial charge in [0.1, 0.15) is 5.69 Å². The van der Waals surface area contributed by atoms with Crippen molar-refractivity contribution in [3.05, 3.63) is 17.7 Å². The second-order valence-corrected chi connectivity index (χ2v) is 6.56. The van der Waals surface area contributed by atoms with Crippen molar-refractivity contribution in [3.63, 3.8) is 0 Å². The number of nitrogens with one attached hydrogen (secondary N) is 2. The van der Waals surface area contributed by atoms with E-state index in [-0.39, 0.29) is 28.6 Å². The number of carbonyl (C=O) groups excluding carboxylic acids is 2. The van der Waals surface area contributed by atoms with Gasteiger partial charge in [0.25, 0.3) is 11.8 Å². The van der Waals surface area contributed by atoms with E-state index in [0.29, 0.717) is 26.1 Å². The first-order valence-corrected chi connectivity index (χ1v) is 7.07. The van der Waals surface area contributed by atoms with Crippen molar-refractivity contribution in [2.24, 2.45) is 5.41 Å². The normalized spacial score (nSPS) is 18.9. The summed E-state index contributed by atoms with van der Waals surface area (Å²) in [6.45, 7) is 7.30. The third-order valence-electron chi connectivity index (χ3n) is 3.30. The number of aromatic nitrogens is 2. The van der Waals surface area contributed by atoms with Crippen LogP contribution in [-0.2, 0) is 0 Å². The number of aliphatic hydroxyl groups is 1. The Morgan fingerprint density at radius 3 is 2.81 bits per heavy atom. The Morgan fingerprint density at radius 2 is 2.24 bits per heavy atom. The van der Waals surface area contributed by atoms with Crippen molar-refractivity contribution in [2.75, 3.05) is 19.6 Å². The lowest BCUT2D eigenvalue weighted by molar-refractivity contribution is 0.0752. The van der Waals surface area contributed by atoms with Gasteiger partial charge in [0, 0.05) is 19.6 Å². The molecule has 21 heavy (non-hydrogen) atoms. The number of likely N-dealkylation sites (tertiary alicyclic amines) is 1. The molecule has 1 atom stereocenters. The zero-order valence-corrected chi connectivity index (χ0v) is 12.6. The molecule has 1 unspecified atom stereocenters. The predicted octanol–water partition coefficient (Wildman–Crippen LogP) is 0.392. The zero-order chi connectivity index (χ0) is 15.6. The Kier molecular flexibility index (Phi) is 4.32. The first kappa shape index (κ1) is 15.5. The van der Waals surface area contributed by atoms with E-state index < -0.39 is 6.10 Å². The van der Waals surface area contributed by atoms with Crippen LogP contribution < -0.4 is 5.32 Å². The van der Waals surface area contributed by atoms with E-state index in [1.165, 1.54) is 11.2 Å². The van der Waals surface area contributed by atoms with Crippen LogP contribution in [0.15, 0.2) is 6.33 Å². The highest BCUT2D eigenvalue weighted by atomic mass is 16.3. The Bertz CT molecular complexity index is 533. The van der Waals surface area contributed by atoms with Gasteiger partial charge in [0.05, 0.1) is 12.4 Å². The highest BCUT2D eigenvalue weighted by molar-refractivity contribution is 6.04. The highest BCUT2D eigenvalue weighted by Gasteiger charge is 2.29. The number of amides is 2. The molecule has 0 aromatic carbocycles. The van der Waals surface area contributed by atoms with Crippen molar-refractivity contribution in [2.45, 2.75) is 33.3 Å². The van der Waals surface area contributed by atoms with Gasteiger partial charge >= 0.3 is 0 Å². The molecule has 0 spiro atoms. The fourth-order valence-electron chi connectivity index (χ4n) is 2.14. The maximum atomic E-state index is 12.3. The Hall–Kier alpha value is -1.89. The number of nitrogens with zero attached hydrogens (tertiary/aromatic N) is 2. The van der Waals surface area contributed by atoms with E-state index in [2.05, 4.69) is 15.3 Å². The SMILES string of the molecule is CC(C)(C)CNC(=O)c1nc[nH]c1C(=O)N1CCC(O)C1. The van der Waals surface area contributed by atoms with Crippen LogP contribution in [-0.4, -0.2) is 57.5 Å². The minimum absolute atomic E-state index is 0.0464. The molecule has 0 saturated carbocycles. The van der Waals surface area contributed by atoms with Gasteiger partial charge in [-0.15, -0.1) is 0 Å². The lowest BCUT2D eigenvalue weighted by Crippen LogP contribution is -2.35. The summed E-state index contributed by atoms with van der Waals surface area (Å²) in [5.41, 5.74) is 0.232. The van der Waals surface area contributed by atoms with Crippen LogP contribution in [0.1, 0.15) is 48.2 Å². The van der Waals surface area contributed by atoms with Crippen molar-refractivity contribution in [1.82, 2.24) is 20.2 Å². The molecule has 1 aromatic heterocycles. The summed E-state index contributed by atoms with van der Waals surface area (Å²) < 4.78 is 0. The zero-order valence-electron chi connectivity index (χ0n) is 12.6. The van der Waals surface area contributed by atoms with E-state index in [4.69, 9.17) is 0 Å². The molecule has 116 valence electrons. The van der Waals surface area contributed by atoms with Gasteiger partial charge in [0.2, 0.25) is 0 Å². The van der Waals surface area contributed by atoms with Crippen molar-refractivity contribution in [1.29, 1.82) is 0 Å². The van der Waals surface area contributed by atoms with Gasteiger partial charge < -0.3 is 20.3 Å². The Morgan fingerprint density at radius 1 is 1.52 bits per heavy atom. The number of imidazole rings is 1. The monoisotopic (exact) mass is 294 g/mol. The number of aliphatic hydroxyl groups excluding tert-OH is 1. The maximum Gasteiger partial charge on any atom is 0.272 e. The molecule has 1 aliphatic rings. The van der Waals surface area contributed by atoms with Gasteiger partial charge in [-0.2, -0.15) is 0 Å². The number of hydrogen-bond acceptors (Lipinski definition) is 4. The molecule has 1 aromatic rings. The van der Waals surface area contributed by atoms with E-state index in [1.54, 1.807) is 0 Å². The fraction of sp³-hybridized carbons (Fsp3) is 0.643. The van der Waals surface area contributed by atoms with Gasteiger partial charge in [-0.05, 0) is 11.8 Å². The minimum atomic E-state index is -0.491. The summed E-state index contributed by atoms with van der Waals surface area (Å²) >= 11 is 0. The molecule has 0 radical (unpaired) electrons. The van der Waals surface area contributed by atoms with Crippen LogP contribution >= 0.6 is 0 Å². The number of hydrogen-bond donors (Lipinski definition) is 3. The molecule has 7 nitrogen and oxygen atoms in total. The van der Waals surface area contributed by atoms with Gasteiger partial charge in [-0.1, -0.05) is 20.8 Å². The number of rotatable bonds is 3. The second kappa shape index (κ2) is 5.85. The molecule has 2 heterocycles. The van der Waals surface area contributed by atoms with Crippen LogP contribution in [0.5, 0.6) is 0 Å². The molecule has 0 bridgehead atoms. The summed E-state index contributed by atoms with van der Waals surface area (Å²) in [4.78, 5) is 32.7.